The van der Waals surface area contributed by atoms with Crippen molar-refractivity contribution in [2.24, 2.45) is 0 Å². The smallest absolute Gasteiger partial charge is 0.310 e. The Kier molecular flexibility index (Phi) is 6.08. The standard InChI is InChI=1S/C20H19NO8/c1-12(22)13-3-4-18(26-2)14(5-13)8-19(23)28-10-16-7-17(21(24)25)6-15-9-27-11-29-20(15)16/h3-7H,8-11H2,1-2H3. The largest absolute Gasteiger partial charge is 0.496 e. The number of benzene rings is 2. The second-order valence-electron chi connectivity index (χ2n) is 6.38. The number of non-ortho nitro benzene ring substituents is 1. The molecule has 0 atom stereocenters. The third kappa shape index (κ3) is 4.69. The predicted octanol–water partition coefficient (Wildman–Crippen LogP) is 2.96. The molecule has 0 fully saturated rings. The molecule has 3 rings (SSSR count). The summed E-state index contributed by atoms with van der Waals surface area (Å²) in [6, 6.07) is 7.50. The van der Waals surface area contributed by atoms with Crippen molar-refractivity contribution in [3.63, 3.8) is 0 Å². The molecule has 0 amide bonds. The lowest BCUT2D eigenvalue weighted by Gasteiger charge is -2.20. The molecule has 2 aromatic rings. The molecule has 0 bridgehead atoms. The summed E-state index contributed by atoms with van der Waals surface area (Å²) in [5, 5.41) is 11.2. The van der Waals surface area contributed by atoms with Crippen LogP contribution in [-0.2, 0) is 33.9 Å². The molecular weight excluding hydrogens is 382 g/mol. The summed E-state index contributed by atoms with van der Waals surface area (Å²) in [6.07, 6.45) is -0.120. The maximum absolute atomic E-state index is 12.4. The number of hydrogen-bond acceptors (Lipinski definition) is 8. The van der Waals surface area contributed by atoms with Crippen molar-refractivity contribution in [3.05, 3.63) is 62.7 Å². The topological polar surface area (TPSA) is 114 Å². The number of rotatable bonds is 7. The third-order valence-electron chi connectivity index (χ3n) is 4.39. The molecule has 0 aromatic heterocycles. The summed E-state index contributed by atoms with van der Waals surface area (Å²) in [7, 11) is 1.46. The number of nitro benzene ring substituents is 1. The minimum absolute atomic E-state index is 0.0147. The highest BCUT2D eigenvalue weighted by molar-refractivity contribution is 5.94. The molecule has 2 aromatic carbocycles. The van der Waals surface area contributed by atoms with E-state index in [4.69, 9.17) is 18.9 Å². The van der Waals surface area contributed by atoms with Gasteiger partial charge in [-0.25, -0.2) is 0 Å². The molecule has 0 spiro atoms. The van der Waals surface area contributed by atoms with E-state index >= 15 is 0 Å². The van der Waals surface area contributed by atoms with Crippen molar-refractivity contribution >= 4 is 17.4 Å². The minimum Gasteiger partial charge on any atom is -0.496 e. The Labute approximate surface area is 166 Å². The molecule has 29 heavy (non-hydrogen) atoms. The van der Waals surface area contributed by atoms with E-state index in [1.807, 2.05) is 0 Å². The first kappa shape index (κ1) is 20.3. The van der Waals surface area contributed by atoms with E-state index in [0.29, 0.717) is 33.8 Å². The lowest BCUT2D eigenvalue weighted by Crippen LogP contribution is -2.15. The van der Waals surface area contributed by atoms with E-state index in [0.717, 1.165) is 0 Å². The molecule has 9 nitrogen and oxygen atoms in total. The molecule has 1 heterocycles. The molecule has 1 aliphatic rings. The van der Waals surface area contributed by atoms with Crippen LogP contribution >= 0.6 is 0 Å². The number of carbonyl (C=O) groups is 2. The fourth-order valence-corrected chi connectivity index (χ4v) is 2.99. The van der Waals surface area contributed by atoms with Gasteiger partial charge in [0.1, 0.15) is 18.1 Å². The summed E-state index contributed by atoms with van der Waals surface area (Å²) in [5.74, 6) is 0.173. The zero-order valence-corrected chi connectivity index (χ0v) is 15.9. The zero-order valence-electron chi connectivity index (χ0n) is 15.9. The van der Waals surface area contributed by atoms with Crippen molar-refractivity contribution < 1.29 is 33.5 Å². The van der Waals surface area contributed by atoms with Crippen LogP contribution in [0.5, 0.6) is 11.5 Å². The van der Waals surface area contributed by atoms with Crippen molar-refractivity contribution in [3.8, 4) is 11.5 Å². The first-order chi connectivity index (χ1) is 13.9. The Bertz CT molecular complexity index is 969. The highest BCUT2D eigenvalue weighted by Crippen LogP contribution is 2.33. The average molecular weight is 401 g/mol. The Morgan fingerprint density at radius 2 is 2.00 bits per heavy atom. The van der Waals surface area contributed by atoms with Gasteiger partial charge in [0.05, 0.1) is 25.1 Å². The van der Waals surface area contributed by atoms with Gasteiger partial charge in [0.25, 0.3) is 5.69 Å². The summed E-state index contributed by atoms with van der Waals surface area (Å²) >= 11 is 0. The molecule has 0 aliphatic carbocycles. The summed E-state index contributed by atoms with van der Waals surface area (Å²) in [4.78, 5) is 34.6. The van der Waals surface area contributed by atoms with Crippen LogP contribution in [0.4, 0.5) is 5.69 Å². The van der Waals surface area contributed by atoms with Crippen molar-refractivity contribution in [1.82, 2.24) is 0 Å². The van der Waals surface area contributed by atoms with Gasteiger partial charge >= 0.3 is 5.97 Å². The first-order valence-electron chi connectivity index (χ1n) is 8.73. The van der Waals surface area contributed by atoms with Crippen LogP contribution in [-0.4, -0.2) is 30.6 Å². The SMILES string of the molecule is COc1ccc(C(C)=O)cc1CC(=O)OCc1cc([N+](=O)[O-])cc2c1OCOC2. The second kappa shape index (κ2) is 8.70. The highest BCUT2D eigenvalue weighted by atomic mass is 16.7. The maximum atomic E-state index is 12.4. The first-order valence-corrected chi connectivity index (χ1v) is 8.73. The van der Waals surface area contributed by atoms with Crippen LogP contribution in [0.2, 0.25) is 0 Å². The van der Waals surface area contributed by atoms with E-state index in [1.165, 1.54) is 26.2 Å². The fraction of sp³-hybridized carbons (Fsp3) is 0.300. The van der Waals surface area contributed by atoms with Gasteiger partial charge in [0, 0.05) is 34.4 Å². The normalized spacial score (nSPS) is 12.5. The Hall–Kier alpha value is -3.46. The van der Waals surface area contributed by atoms with E-state index in [9.17, 15) is 19.7 Å². The number of ether oxygens (including phenoxy) is 4. The molecular formula is C20H19NO8. The van der Waals surface area contributed by atoms with Gasteiger partial charge in [0.15, 0.2) is 12.6 Å². The van der Waals surface area contributed by atoms with Gasteiger partial charge in [-0.15, -0.1) is 0 Å². The van der Waals surface area contributed by atoms with Gasteiger partial charge < -0.3 is 18.9 Å². The summed E-state index contributed by atoms with van der Waals surface area (Å²) < 4.78 is 21.1. The summed E-state index contributed by atoms with van der Waals surface area (Å²) in [6.45, 7) is 1.42. The number of nitrogens with zero attached hydrogens (tertiary/aromatic N) is 1. The quantitative estimate of drug-likeness (QED) is 0.301. The lowest BCUT2D eigenvalue weighted by atomic mass is 10.0. The average Bonchev–Trinajstić information content (AvgIpc) is 2.71. The van der Waals surface area contributed by atoms with Crippen molar-refractivity contribution in [2.75, 3.05) is 13.9 Å². The van der Waals surface area contributed by atoms with E-state index in [1.54, 1.807) is 18.2 Å². The van der Waals surface area contributed by atoms with Crippen molar-refractivity contribution in [1.29, 1.82) is 0 Å². The van der Waals surface area contributed by atoms with Crippen LogP contribution in [0.1, 0.15) is 34.0 Å². The molecule has 0 saturated carbocycles. The molecule has 0 unspecified atom stereocenters. The van der Waals surface area contributed by atoms with Crippen molar-refractivity contribution in [2.45, 2.75) is 26.6 Å². The lowest BCUT2D eigenvalue weighted by molar-refractivity contribution is -0.385. The number of esters is 1. The van der Waals surface area contributed by atoms with Gasteiger partial charge in [-0.1, -0.05) is 0 Å². The predicted molar refractivity (Wildman–Crippen MR) is 99.9 cm³/mol. The minimum atomic E-state index is -0.573. The van der Waals surface area contributed by atoms with Crippen LogP contribution in [0.15, 0.2) is 30.3 Å². The number of ketones is 1. The molecule has 1 aliphatic heterocycles. The number of carbonyl (C=O) groups excluding carboxylic acids is 2. The monoisotopic (exact) mass is 401 g/mol. The van der Waals surface area contributed by atoms with E-state index in [2.05, 4.69) is 0 Å². The molecule has 9 heteroatoms. The molecule has 0 saturated heterocycles. The van der Waals surface area contributed by atoms with Crippen LogP contribution in [0.3, 0.4) is 0 Å². The second-order valence-corrected chi connectivity index (χ2v) is 6.38. The Balaban J connectivity index is 1.76. The highest BCUT2D eigenvalue weighted by Gasteiger charge is 2.22. The number of Topliss-reactive ketones (excluding diaryl/α,β-unsaturated/α-hetero) is 1. The van der Waals surface area contributed by atoms with Gasteiger partial charge in [-0.05, 0) is 25.1 Å². The molecule has 0 N–H and O–H groups in total. The third-order valence-corrected chi connectivity index (χ3v) is 4.39. The van der Waals surface area contributed by atoms with Crippen LogP contribution < -0.4 is 9.47 Å². The molecule has 152 valence electrons. The fourth-order valence-electron chi connectivity index (χ4n) is 2.99. The van der Waals surface area contributed by atoms with E-state index < -0.39 is 10.9 Å². The number of hydrogen-bond donors (Lipinski definition) is 0. The Morgan fingerprint density at radius 1 is 1.21 bits per heavy atom. The number of fused-ring (bicyclic) bond motifs is 1. The van der Waals surface area contributed by atoms with Gasteiger partial charge in [-0.2, -0.15) is 0 Å². The number of nitro groups is 1. The van der Waals surface area contributed by atoms with Crippen LogP contribution in [0.25, 0.3) is 0 Å². The van der Waals surface area contributed by atoms with Gasteiger partial charge in [-0.3, -0.25) is 19.7 Å². The van der Waals surface area contributed by atoms with Gasteiger partial charge in [0.2, 0.25) is 0 Å². The maximum Gasteiger partial charge on any atom is 0.310 e. The number of methoxy groups -OCH3 is 1. The van der Waals surface area contributed by atoms with E-state index in [-0.39, 0.29) is 37.9 Å². The van der Waals surface area contributed by atoms with Crippen LogP contribution in [0, 0.1) is 10.1 Å². The molecule has 0 radical (unpaired) electrons. The zero-order chi connectivity index (χ0) is 21.0. The Morgan fingerprint density at radius 3 is 2.69 bits per heavy atom. The summed E-state index contributed by atoms with van der Waals surface area (Å²) in [5.41, 5.74) is 1.73.